The van der Waals surface area contributed by atoms with Gasteiger partial charge in [0.25, 0.3) is 0 Å². The summed E-state index contributed by atoms with van der Waals surface area (Å²) in [7, 11) is -1.07. The standard InChI is InChI=1S/C11H18N4O2S/c1-3-9-14-10(12-2)6-11(15-9)13-8-4-5-18(16,17)7-8/h6,8H,3-5,7H2,1-2H3,(H2,12,13,14,15). The van der Waals surface area contributed by atoms with E-state index in [1.54, 1.807) is 13.1 Å². The molecule has 18 heavy (non-hydrogen) atoms. The van der Waals surface area contributed by atoms with Crippen molar-refractivity contribution in [2.45, 2.75) is 25.8 Å². The summed E-state index contributed by atoms with van der Waals surface area (Å²) >= 11 is 0. The Kier molecular flexibility index (Phi) is 3.70. The second kappa shape index (κ2) is 5.09. The number of hydrogen-bond donors (Lipinski definition) is 2. The molecule has 6 nitrogen and oxygen atoms in total. The van der Waals surface area contributed by atoms with E-state index in [-0.39, 0.29) is 17.5 Å². The Morgan fingerprint density at radius 2 is 2.11 bits per heavy atom. The van der Waals surface area contributed by atoms with Gasteiger partial charge in [-0.15, -0.1) is 0 Å². The highest BCUT2D eigenvalue weighted by Crippen LogP contribution is 2.18. The number of anilines is 2. The average molecular weight is 270 g/mol. The van der Waals surface area contributed by atoms with Crippen molar-refractivity contribution in [2.24, 2.45) is 0 Å². The van der Waals surface area contributed by atoms with Crippen molar-refractivity contribution < 1.29 is 8.42 Å². The molecule has 0 radical (unpaired) electrons. The second-order valence-electron chi connectivity index (χ2n) is 4.40. The lowest BCUT2D eigenvalue weighted by molar-refractivity contribution is 0.602. The van der Waals surface area contributed by atoms with Gasteiger partial charge >= 0.3 is 0 Å². The van der Waals surface area contributed by atoms with Gasteiger partial charge in [0.2, 0.25) is 0 Å². The highest BCUT2D eigenvalue weighted by Gasteiger charge is 2.28. The van der Waals surface area contributed by atoms with Crippen LogP contribution < -0.4 is 10.6 Å². The molecule has 1 aromatic heterocycles. The van der Waals surface area contributed by atoms with E-state index >= 15 is 0 Å². The molecule has 0 spiro atoms. The Labute approximate surface area is 107 Å². The molecule has 1 atom stereocenters. The molecule has 0 aliphatic carbocycles. The van der Waals surface area contributed by atoms with E-state index < -0.39 is 9.84 Å². The summed E-state index contributed by atoms with van der Waals surface area (Å²) in [6.07, 6.45) is 1.38. The second-order valence-corrected chi connectivity index (χ2v) is 6.63. The van der Waals surface area contributed by atoms with E-state index in [1.165, 1.54) is 0 Å². The molecule has 2 N–H and O–H groups in total. The summed E-state index contributed by atoms with van der Waals surface area (Å²) in [5, 5.41) is 6.15. The van der Waals surface area contributed by atoms with Crippen LogP contribution >= 0.6 is 0 Å². The van der Waals surface area contributed by atoms with Crippen LogP contribution in [-0.4, -0.2) is 43.0 Å². The van der Waals surface area contributed by atoms with Crippen molar-refractivity contribution in [3.05, 3.63) is 11.9 Å². The van der Waals surface area contributed by atoms with Gasteiger partial charge in [-0.1, -0.05) is 6.92 Å². The van der Waals surface area contributed by atoms with Crippen molar-refractivity contribution >= 4 is 21.5 Å². The summed E-state index contributed by atoms with van der Waals surface area (Å²) in [4.78, 5) is 8.65. The van der Waals surface area contributed by atoms with Gasteiger partial charge in [-0.3, -0.25) is 0 Å². The van der Waals surface area contributed by atoms with Gasteiger partial charge in [0.1, 0.15) is 17.5 Å². The third-order valence-corrected chi connectivity index (χ3v) is 4.70. The van der Waals surface area contributed by atoms with Gasteiger partial charge in [0, 0.05) is 25.6 Å². The largest absolute Gasteiger partial charge is 0.373 e. The topological polar surface area (TPSA) is 84.0 Å². The van der Waals surface area contributed by atoms with E-state index in [2.05, 4.69) is 20.6 Å². The maximum atomic E-state index is 11.4. The molecule has 0 aromatic carbocycles. The molecule has 0 saturated carbocycles. The average Bonchev–Trinajstić information content (AvgIpc) is 2.68. The van der Waals surface area contributed by atoms with Crippen LogP contribution in [0.15, 0.2) is 6.07 Å². The number of nitrogens with one attached hydrogen (secondary N) is 2. The Morgan fingerprint density at radius 1 is 1.39 bits per heavy atom. The van der Waals surface area contributed by atoms with E-state index in [9.17, 15) is 8.42 Å². The maximum absolute atomic E-state index is 11.4. The Morgan fingerprint density at radius 3 is 2.67 bits per heavy atom. The summed E-state index contributed by atoms with van der Waals surface area (Å²) in [6, 6.07) is 1.75. The van der Waals surface area contributed by atoms with E-state index in [4.69, 9.17) is 0 Å². The van der Waals surface area contributed by atoms with Gasteiger partial charge in [0.05, 0.1) is 11.5 Å². The molecule has 1 fully saturated rings. The number of aryl methyl sites for hydroxylation is 1. The van der Waals surface area contributed by atoms with Gasteiger partial charge in [-0.2, -0.15) is 0 Å². The Hall–Kier alpha value is -1.37. The molecule has 0 amide bonds. The highest BCUT2D eigenvalue weighted by molar-refractivity contribution is 7.91. The molecule has 1 aliphatic heterocycles. The number of rotatable bonds is 4. The van der Waals surface area contributed by atoms with Crippen LogP contribution in [-0.2, 0) is 16.3 Å². The Balaban J connectivity index is 2.14. The fourth-order valence-electron chi connectivity index (χ4n) is 1.98. The first-order chi connectivity index (χ1) is 8.52. The SMILES string of the molecule is CCc1nc(NC)cc(NC2CCS(=O)(=O)C2)n1. The van der Waals surface area contributed by atoms with Crippen LogP contribution in [0.4, 0.5) is 11.6 Å². The molecular weight excluding hydrogens is 252 g/mol. The van der Waals surface area contributed by atoms with Crippen molar-refractivity contribution in [2.75, 3.05) is 29.2 Å². The molecule has 100 valence electrons. The van der Waals surface area contributed by atoms with Gasteiger partial charge in [-0.05, 0) is 6.42 Å². The van der Waals surface area contributed by atoms with Crippen molar-refractivity contribution in [3.63, 3.8) is 0 Å². The van der Waals surface area contributed by atoms with Crippen LogP contribution in [0.25, 0.3) is 0 Å². The summed E-state index contributed by atoms with van der Waals surface area (Å²) in [5.74, 6) is 2.62. The third kappa shape index (κ3) is 3.10. The van der Waals surface area contributed by atoms with E-state index in [0.717, 1.165) is 18.1 Å². The summed E-state index contributed by atoms with van der Waals surface area (Å²) in [5.41, 5.74) is 0. The first-order valence-electron chi connectivity index (χ1n) is 6.05. The molecular formula is C11H18N4O2S. The molecule has 1 saturated heterocycles. The molecule has 0 bridgehead atoms. The van der Waals surface area contributed by atoms with Crippen molar-refractivity contribution in [3.8, 4) is 0 Å². The third-order valence-electron chi connectivity index (χ3n) is 2.93. The maximum Gasteiger partial charge on any atom is 0.152 e. The normalized spacial score (nSPS) is 21.8. The van der Waals surface area contributed by atoms with Crippen LogP contribution in [0.5, 0.6) is 0 Å². The zero-order valence-electron chi connectivity index (χ0n) is 10.6. The quantitative estimate of drug-likeness (QED) is 0.837. The predicted molar refractivity (Wildman–Crippen MR) is 71.6 cm³/mol. The van der Waals surface area contributed by atoms with E-state index in [0.29, 0.717) is 12.2 Å². The zero-order valence-corrected chi connectivity index (χ0v) is 11.4. The number of aromatic nitrogens is 2. The lowest BCUT2D eigenvalue weighted by atomic mass is 10.2. The lowest BCUT2D eigenvalue weighted by Gasteiger charge is -2.13. The zero-order chi connectivity index (χ0) is 13.2. The fourth-order valence-corrected chi connectivity index (χ4v) is 3.65. The molecule has 1 aromatic rings. The van der Waals surface area contributed by atoms with Crippen LogP contribution in [0.2, 0.25) is 0 Å². The summed E-state index contributed by atoms with van der Waals surface area (Å²) < 4.78 is 22.8. The molecule has 2 rings (SSSR count). The first kappa shape index (κ1) is 13.1. The van der Waals surface area contributed by atoms with E-state index in [1.807, 2.05) is 6.92 Å². The van der Waals surface area contributed by atoms with Gasteiger partial charge in [-0.25, -0.2) is 18.4 Å². The predicted octanol–water partition coefficient (Wildman–Crippen LogP) is 0.680. The highest BCUT2D eigenvalue weighted by atomic mass is 32.2. The fraction of sp³-hybridized carbons (Fsp3) is 0.636. The van der Waals surface area contributed by atoms with Crippen molar-refractivity contribution in [1.29, 1.82) is 0 Å². The Bertz CT molecular complexity index is 508. The monoisotopic (exact) mass is 270 g/mol. The molecule has 2 heterocycles. The number of nitrogens with zero attached hydrogens (tertiary/aromatic N) is 2. The van der Waals surface area contributed by atoms with Crippen molar-refractivity contribution in [1.82, 2.24) is 9.97 Å². The lowest BCUT2D eigenvalue weighted by Crippen LogP contribution is -2.21. The number of hydrogen-bond acceptors (Lipinski definition) is 6. The minimum Gasteiger partial charge on any atom is -0.373 e. The minimum absolute atomic E-state index is 0.0423. The van der Waals surface area contributed by atoms with Gasteiger partial charge in [0.15, 0.2) is 9.84 Å². The molecule has 1 unspecified atom stereocenters. The van der Waals surface area contributed by atoms with Crippen LogP contribution in [0.3, 0.4) is 0 Å². The molecule has 1 aliphatic rings. The van der Waals surface area contributed by atoms with Gasteiger partial charge < -0.3 is 10.6 Å². The molecule has 7 heteroatoms. The minimum atomic E-state index is -2.87. The first-order valence-corrected chi connectivity index (χ1v) is 7.87. The summed E-state index contributed by atoms with van der Waals surface area (Å²) in [6.45, 7) is 1.98. The van der Waals surface area contributed by atoms with Crippen LogP contribution in [0, 0.1) is 0 Å². The van der Waals surface area contributed by atoms with Crippen LogP contribution in [0.1, 0.15) is 19.2 Å². The smallest absolute Gasteiger partial charge is 0.152 e. The number of sulfone groups is 1.